The Labute approximate surface area is 129 Å². The molecule has 0 atom stereocenters. The molecular weight excluding hydrogens is 347 g/mol. The van der Waals surface area contributed by atoms with Crippen LogP contribution in [0.2, 0.25) is 5.02 Å². The van der Waals surface area contributed by atoms with Gasteiger partial charge in [0, 0.05) is 21.5 Å². The second-order valence-corrected chi connectivity index (χ2v) is 5.48. The van der Waals surface area contributed by atoms with Crippen molar-refractivity contribution in [2.45, 2.75) is 6.42 Å². The van der Waals surface area contributed by atoms with E-state index in [0.29, 0.717) is 20.6 Å². The van der Waals surface area contributed by atoms with Crippen LogP contribution in [0.4, 0.5) is 4.39 Å². The summed E-state index contributed by atoms with van der Waals surface area (Å²) in [5.41, 5.74) is 1.11. The van der Waals surface area contributed by atoms with Gasteiger partial charge in [0.15, 0.2) is 17.3 Å². The lowest BCUT2D eigenvalue weighted by Crippen LogP contribution is -2.05. The first-order chi connectivity index (χ1) is 9.51. The van der Waals surface area contributed by atoms with Crippen LogP contribution in [0.25, 0.3) is 0 Å². The minimum absolute atomic E-state index is 0.112. The standard InChI is InChI=1S/C15H11BrClFO2/c1-20-15-5-2-9(6-13(15)18)7-14(19)11-4-3-10(17)8-12(11)16/h2-6,8H,7H2,1H3. The average molecular weight is 358 g/mol. The summed E-state index contributed by atoms with van der Waals surface area (Å²) in [4.78, 5) is 12.2. The van der Waals surface area contributed by atoms with E-state index in [1.165, 1.54) is 19.2 Å². The fourth-order valence-corrected chi connectivity index (χ4v) is 2.72. The molecule has 0 aliphatic heterocycles. The van der Waals surface area contributed by atoms with E-state index in [0.717, 1.165) is 0 Å². The van der Waals surface area contributed by atoms with Crippen LogP contribution in [0.3, 0.4) is 0 Å². The summed E-state index contributed by atoms with van der Waals surface area (Å²) in [5.74, 6) is -0.431. The monoisotopic (exact) mass is 356 g/mol. The molecule has 0 aromatic heterocycles. The van der Waals surface area contributed by atoms with Crippen molar-refractivity contribution in [2.75, 3.05) is 7.11 Å². The number of carbonyl (C=O) groups is 1. The number of hydrogen-bond donors (Lipinski definition) is 0. The van der Waals surface area contributed by atoms with Crippen LogP contribution in [-0.4, -0.2) is 12.9 Å². The Bertz CT molecular complexity index is 658. The molecule has 0 heterocycles. The van der Waals surface area contributed by atoms with Gasteiger partial charge in [-0.05, 0) is 51.8 Å². The molecular formula is C15H11BrClFO2. The summed E-state index contributed by atoms with van der Waals surface area (Å²) in [6.45, 7) is 0. The number of carbonyl (C=O) groups excluding carboxylic acids is 1. The normalized spacial score (nSPS) is 10.4. The quantitative estimate of drug-likeness (QED) is 0.743. The molecule has 0 fully saturated rings. The maximum absolute atomic E-state index is 13.6. The molecule has 0 saturated heterocycles. The lowest BCUT2D eigenvalue weighted by molar-refractivity contribution is 0.0992. The van der Waals surface area contributed by atoms with E-state index in [9.17, 15) is 9.18 Å². The third-order valence-corrected chi connectivity index (χ3v) is 3.70. The highest BCUT2D eigenvalue weighted by Gasteiger charge is 2.12. The molecule has 0 N–H and O–H groups in total. The summed E-state index contributed by atoms with van der Waals surface area (Å²) in [7, 11) is 1.40. The van der Waals surface area contributed by atoms with Crippen molar-refractivity contribution in [3.05, 3.63) is 62.8 Å². The Morgan fingerprint density at radius 3 is 2.65 bits per heavy atom. The first-order valence-electron chi connectivity index (χ1n) is 5.82. The topological polar surface area (TPSA) is 26.3 Å². The van der Waals surface area contributed by atoms with Crippen molar-refractivity contribution in [3.63, 3.8) is 0 Å². The van der Waals surface area contributed by atoms with Gasteiger partial charge in [0.05, 0.1) is 7.11 Å². The van der Waals surface area contributed by atoms with Gasteiger partial charge in [0.25, 0.3) is 0 Å². The number of ketones is 1. The van der Waals surface area contributed by atoms with Crippen molar-refractivity contribution >= 4 is 33.3 Å². The van der Waals surface area contributed by atoms with E-state index >= 15 is 0 Å². The average Bonchev–Trinajstić information content (AvgIpc) is 2.38. The fourth-order valence-electron chi connectivity index (χ4n) is 1.82. The highest BCUT2D eigenvalue weighted by atomic mass is 79.9. The summed E-state index contributed by atoms with van der Waals surface area (Å²) in [6, 6.07) is 9.44. The molecule has 0 spiro atoms. The van der Waals surface area contributed by atoms with E-state index < -0.39 is 5.82 Å². The number of hydrogen-bond acceptors (Lipinski definition) is 2. The SMILES string of the molecule is COc1ccc(CC(=O)c2ccc(Cl)cc2Br)cc1F. The van der Waals surface area contributed by atoms with Crippen LogP contribution in [-0.2, 0) is 6.42 Å². The molecule has 2 nitrogen and oxygen atoms in total. The number of ether oxygens (including phenoxy) is 1. The Morgan fingerprint density at radius 2 is 2.05 bits per heavy atom. The van der Waals surface area contributed by atoms with Crippen LogP contribution in [0.5, 0.6) is 5.75 Å². The maximum Gasteiger partial charge on any atom is 0.168 e. The van der Waals surface area contributed by atoms with E-state index in [4.69, 9.17) is 16.3 Å². The molecule has 104 valence electrons. The van der Waals surface area contributed by atoms with Gasteiger partial charge in [0.1, 0.15) is 0 Å². The van der Waals surface area contributed by atoms with Crippen LogP contribution in [0.1, 0.15) is 15.9 Å². The Morgan fingerprint density at radius 1 is 1.30 bits per heavy atom. The van der Waals surface area contributed by atoms with Crippen LogP contribution in [0.15, 0.2) is 40.9 Å². The molecule has 0 aliphatic rings. The summed E-state index contributed by atoms with van der Waals surface area (Å²) in [5, 5.41) is 0.545. The van der Waals surface area contributed by atoms with Crippen LogP contribution in [0, 0.1) is 5.82 Å². The third kappa shape index (κ3) is 3.38. The lowest BCUT2D eigenvalue weighted by atomic mass is 10.0. The van der Waals surface area contributed by atoms with Gasteiger partial charge in [-0.15, -0.1) is 0 Å². The lowest BCUT2D eigenvalue weighted by Gasteiger charge is -2.06. The number of rotatable bonds is 4. The molecule has 2 aromatic rings. The minimum Gasteiger partial charge on any atom is -0.494 e. The minimum atomic E-state index is -0.479. The predicted molar refractivity (Wildman–Crippen MR) is 80.1 cm³/mol. The Kier molecular flexibility index (Phi) is 4.78. The van der Waals surface area contributed by atoms with Crippen molar-refractivity contribution in [1.82, 2.24) is 0 Å². The molecule has 0 amide bonds. The van der Waals surface area contributed by atoms with Gasteiger partial charge in [-0.3, -0.25) is 4.79 Å². The van der Waals surface area contributed by atoms with Crippen molar-refractivity contribution in [3.8, 4) is 5.75 Å². The van der Waals surface area contributed by atoms with Gasteiger partial charge in [-0.1, -0.05) is 17.7 Å². The van der Waals surface area contributed by atoms with Gasteiger partial charge >= 0.3 is 0 Å². The molecule has 5 heteroatoms. The summed E-state index contributed by atoms with van der Waals surface area (Å²) in [6.07, 6.45) is 0.112. The first-order valence-corrected chi connectivity index (χ1v) is 6.99. The number of Topliss-reactive ketones (excluding diaryl/α,β-unsaturated/α-hetero) is 1. The number of methoxy groups -OCH3 is 1. The zero-order valence-electron chi connectivity index (χ0n) is 10.6. The maximum atomic E-state index is 13.6. The highest BCUT2D eigenvalue weighted by molar-refractivity contribution is 9.10. The molecule has 2 rings (SSSR count). The van der Waals surface area contributed by atoms with E-state index in [1.54, 1.807) is 24.3 Å². The van der Waals surface area contributed by atoms with Gasteiger partial charge < -0.3 is 4.74 Å². The third-order valence-electron chi connectivity index (χ3n) is 2.81. The highest BCUT2D eigenvalue weighted by Crippen LogP contribution is 2.24. The molecule has 20 heavy (non-hydrogen) atoms. The molecule has 0 aliphatic carbocycles. The molecule has 0 saturated carbocycles. The van der Waals surface area contributed by atoms with Crippen LogP contribution >= 0.6 is 27.5 Å². The molecule has 2 aromatic carbocycles. The second-order valence-electron chi connectivity index (χ2n) is 4.19. The number of halogens is 3. The predicted octanol–water partition coefficient (Wildman–Crippen LogP) is 4.68. The second kappa shape index (κ2) is 6.37. The zero-order chi connectivity index (χ0) is 14.7. The van der Waals surface area contributed by atoms with Gasteiger partial charge in [-0.2, -0.15) is 0 Å². The van der Waals surface area contributed by atoms with Crippen molar-refractivity contribution in [2.24, 2.45) is 0 Å². The molecule has 0 bridgehead atoms. The van der Waals surface area contributed by atoms with E-state index in [1.807, 2.05) is 0 Å². The Balaban J connectivity index is 2.21. The fraction of sp³-hybridized carbons (Fsp3) is 0.133. The smallest absolute Gasteiger partial charge is 0.168 e. The molecule has 0 unspecified atom stereocenters. The largest absolute Gasteiger partial charge is 0.494 e. The number of benzene rings is 2. The van der Waals surface area contributed by atoms with Gasteiger partial charge in [0.2, 0.25) is 0 Å². The van der Waals surface area contributed by atoms with E-state index in [2.05, 4.69) is 15.9 Å². The van der Waals surface area contributed by atoms with Crippen molar-refractivity contribution in [1.29, 1.82) is 0 Å². The first kappa shape index (κ1) is 15.0. The van der Waals surface area contributed by atoms with Crippen LogP contribution < -0.4 is 4.74 Å². The molecule has 0 radical (unpaired) electrons. The Hall–Kier alpha value is -1.39. The summed E-state index contributed by atoms with van der Waals surface area (Å²) >= 11 is 9.13. The van der Waals surface area contributed by atoms with E-state index in [-0.39, 0.29) is 18.0 Å². The van der Waals surface area contributed by atoms with Crippen molar-refractivity contribution < 1.29 is 13.9 Å². The van der Waals surface area contributed by atoms with Gasteiger partial charge in [-0.25, -0.2) is 4.39 Å². The summed E-state index contributed by atoms with van der Waals surface area (Å²) < 4.78 is 19.0. The zero-order valence-corrected chi connectivity index (χ0v) is 13.0.